The number of nitrogens with zero attached hydrogens (tertiary/aromatic N) is 1. The Morgan fingerprint density at radius 3 is 1.91 bits per heavy atom. The van der Waals surface area contributed by atoms with Crippen LogP contribution in [0.2, 0.25) is 0 Å². The van der Waals surface area contributed by atoms with Crippen LogP contribution < -0.4 is 0 Å². The molecule has 2 aliphatic heterocycles. The van der Waals surface area contributed by atoms with Gasteiger partial charge in [0.25, 0.3) is 0 Å². The quantitative estimate of drug-likeness (QED) is 0.791. The molecule has 6 rings (SSSR count). The monoisotopic (exact) mass is 337 g/mol. The first-order valence-electron chi connectivity index (χ1n) is 9.45. The Hall–Kier alpha value is -0.580. The minimum absolute atomic E-state index is 0.324. The van der Waals surface area contributed by atoms with E-state index in [2.05, 4.69) is 0 Å². The van der Waals surface area contributed by atoms with Crippen molar-refractivity contribution in [1.29, 1.82) is 0 Å². The van der Waals surface area contributed by atoms with Gasteiger partial charge in [-0.15, -0.1) is 0 Å². The van der Waals surface area contributed by atoms with E-state index in [1.54, 1.807) is 0 Å². The molecule has 2 saturated heterocycles. The van der Waals surface area contributed by atoms with E-state index in [0.29, 0.717) is 35.2 Å². The highest BCUT2D eigenvalue weighted by molar-refractivity contribution is 7.92. The van der Waals surface area contributed by atoms with Crippen LogP contribution >= 0.6 is 0 Å². The van der Waals surface area contributed by atoms with Crippen molar-refractivity contribution < 1.29 is 13.2 Å². The second kappa shape index (κ2) is 4.96. The molecule has 23 heavy (non-hydrogen) atoms. The Bertz CT molecular complexity index is 582. The summed E-state index contributed by atoms with van der Waals surface area (Å²) in [6.45, 7) is 1.62. The van der Waals surface area contributed by atoms with Crippen LogP contribution in [-0.4, -0.2) is 43.8 Å². The Morgan fingerprint density at radius 2 is 1.39 bits per heavy atom. The largest absolute Gasteiger partial charge is 0.342 e. The van der Waals surface area contributed by atoms with Gasteiger partial charge < -0.3 is 4.90 Å². The first-order chi connectivity index (χ1) is 11.0. The van der Waals surface area contributed by atoms with Crippen LogP contribution in [0.1, 0.15) is 38.5 Å². The van der Waals surface area contributed by atoms with Crippen molar-refractivity contribution in [3.8, 4) is 0 Å². The van der Waals surface area contributed by atoms with Crippen molar-refractivity contribution in [2.24, 2.45) is 41.4 Å². The number of carbonyl (C=O) groups excluding carboxylic acids is 1. The third-order valence-corrected chi connectivity index (χ3v) is 9.57. The van der Waals surface area contributed by atoms with Gasteiger partial charge in [0, 0.05) is 19.5 Å². The number of amides is 1. The number of likely N-dealkylation sites (tertiary alicyclic amines) is 1. The maximum absolute atomic E-state index is 12.6. The molecule has 2 heterocycles. The molecule has 6 aliphatic rings. The summed E-state index contributed by atoms with van der Waals surface area (Å²) in [6, 6.07) is 0. The fourth-order valence-corrected chi connectivity index (χ4v) is 8.34. The smallest absolute Gasteiger partial charge is 0.222 e. The molecule has 4 saturated carbocycles. The third-order valence-electron chi connectivity index (χ3n) is 7.70. The molecule has 0 atom stereocenters. The molecule has 1 amide bonds. The van der Waals surface area contributed by atoms with Crippen molar-refractivity contribution in [1.82, 2.24) is 4.90 Å². The summed E-state index contributed by atoms with van der Waals surface area (Å²) in [5, 5.41) is 0. The highest BCUT2D eigenvalue weighted by Crippen LogP contribution is 2.57. The minimum Gasteiger partial charge on any atom is -0.342 e. The van der Waals surface area contributed by atoms with E-state index in [4.69, 9.17) is 0 Å². The third kappa shape index (κ3) is 2.45. The van der Waals surface area contributed by atoms with E-state index >= 15 is 0 Å². The number of hydrogen-bond acceptors (Lipinski definition) is 3. The number of carbonyl (C=O) groups is 1. The molecule has 0 aromatic heterocycles. The van der Waals surface area contributed by atoms with Crippen LogP contribution in [0, 0.1) is 41.4 Å². The summed E-state index contributed by atoms with van der Waals surface area (Å²) in [5.41, 5.74) is 0. The van der Waals surface area contributed by atoms with Gasteiger partial charge in [0.1, 0.15) is 0 Å². The molecule has 6 fully saturated rings. The molecule has 0 radical (unpaired) electrons. The zero-order chi connectivity index (χ0) is 15.8. The van der Waals surface area contributed by atoms with Gasteiger partial charge in [0.05, 0.1) is 11.5 Å². The molecule has 0 spiro atoms. The van der Waals surface area contributed by atoms with Crippen LogP contribution in [0.3, 0.4) is 0 Å². The minimum atomic E-state index is -2.73. The number of sulfone groups is 1. The molecule has 5 heteroatoms. The molecular weight excluding hydrogens is 310 g/mol. The Balaban J connectivity index is 1.15. The predicted molar refractivity (Wildman–Crippen MR) is 87.4 cm³/mol. The maximum Gasteiger partial charge on any atom is 0.222 e. The summed E-state index contributed by atoms with van der Waals surface area (Å²) in [5.74, 6) is 6.07. The zero-order valence-electron chi connectivity index (χ0n) is 13.7. The first-order valence-corrected chi connectivity index (χ1v) is 11.3. The summed E-state index contributed by atoms with van der Waals surface area (Å²) < 4.78 is 22.6. The maximum atomic E-state index is 12.6. The van der Waals surface area contributed by atoms with Crippen molar-refractivity contribution in [3.05, 3.63) is 0 Å². The van der Waals surface area contributed by atoms with Crippen LogP contribution in [0.5, 0.6) is 0 Å². The molecule has 128 valence electrons. The van der Waals surface area contributed by atoms with Crippen molar-refractivity contribution in [2.75, 3.05) is 24.6 Å². The zero-order valence-corrected chi connectivity index (χ0v) is 14.5. The van der Waals surface area contributed by atoms with Crippen molar-refractivity contribution in [3.63, 3.8) is 0 Å². The highest BCUT2D eigenvalue weighted by atomic mass is 32.2. The van der Waals surface area contributed by atoms with E-state index < -0.39 is 9.84 Å². The fourth-order valence-electron chi connectivity index (χ4n) is 6.59. The average Bonchev–Trinajstić information content (AvgIpc) is 2.38. The lowest BCUT2D eigenvalue weighted by Crippen LogP contribution is -2.58. The van der Waals surface area contributed by atoms with Crippen LogP contribution in [0.15, 0.2) is 0 Å². The second-order valence-electron chi connectivity index (χ2n) is 9.19. The van der Waals surface area contributed by atoms with Gasteiger partial charge in [-0.2, -0.15) is 0 Å². The van der Waals surface area contributed by atoms with Gasteiger partial charge >= 0.3 is 0 Å². The lowest BCUT2D eigenvalue weighted by molar-refractivity contribution is -0.143. The molecule has 0 aromatic carbocycles. The number of hydrogen-bond donors (Lipinski definition) is 0. The molecule has 4 aliphatic carbocycles. The predicted octanol–water partition coefficient (Wildman–Crippen LogP) is 1.95. The van der Waals surface area contributed by atoms with Crippen LogP contribution in [-0.2, 0) is 14.6 Å². The topological polar surface area (TPSA) is 54.5 Å². The van der Waals surface area contributed by atoms with Crippen LogP contribution in [0.25, 0.3) is 0 Å². The summed E-state index contributed by atoms with van der Waals surface area (Å²) in [4.78, 5) is 14.6. The van der Waals surface area contributed by atoms with Crippen LogP contribution in [0.4, 0.5) is 0 Å². The van der Waals surface area contributed by atoms with Crippen molar-refractivity contribution in [2.45, 2.75) is 38.5 Å². The Labute approximate surface area is 138 Å². The molecule has 4 nitrogen and oxygen atoms in total. The standard InChI is InChI=1S/C18H27NO3S/c20-18(19-7-15(8-19)16-9-23(21,22)10-16)6-17-13-2-11-1-12(4-13)5-14(17)3-11/h11-17H,1-10H2. The highest BCUT2D eigenvalue weighted by Gasteiger charge is 2.50. The molecule has 0 N–H and O–H groups in total. The van der Waals surface area contributed by atoms with Gasteiger partial charge in [-0.1, -0.05) is 0 Å². The lowest BCUT2D eigenvalue weighted by Gasteiger charge is -2.55. The Kier molecular flexibility index (Phi) is 3.18. The van der Waals surface area contributed by atoms with Gasteiger partial charge in [-0.3, -0.25) is 4.79 Å². The normalized spacial score (nSPS) is 44.9. The van der Waals surface area contributed by atoms with Gasteiger partial charge in [0.15, 0.2) is 9.84 Å². The molecule has 0 aromatic rings. The van der Waals surface area contributed by atoms with E-state index in [-0.39, 0.29) is 0 Å². The molecule has 0 unspecified atom stereocenters. The van der Waals surface area contributed by atoms with Crippen molar-refractivity contribution >= 4 is 15.7 Å². The summed E-state index contributed by atoms with van der Waals surface area (Å²) in [6.07, 6.45) is 7.76. The molecular formula is C18H27NO3S. The van der Waals surface area contributed by atoms with E-state index in [0.717, 1.165) is 43.2 Å². The average molecular weight is 337 g/mol. The van der Waals surface area contributed by atoms with Gasteiger partial charge in [-0.05, 0) is 73.5 Å². The van der Waals surface area contributed by atoms with Gasteiger partial charge in [0.2, 0.25) is 5.91 Å². The summed E-state index contributed by atoms with van der Waals surface area (Å²) in [7, 11) is -2.73. The second-order valence-corrected chi connectivity index (χ2v) is 11.3. The van der Waals surface area contributed by atoms with E-state index in [1.807, 2.05) is 4.90 Å². The first kappa shape index (κ1) is 14.7. The summed E-state index contributed by atoms with van der Waals surface area (Å²) >= 11 is 0. The van der Waals surface area contributed by atoms with E-state index in [1.165, 1.54) is 32.1 Å². The molecule has 4 bridgehead atoms. The fraction of sp³-hybridized carbons (Fsp3) is 0.944. The SMILES string of the molecule is O=C(CC1C2CC3CC(C2)CC1C3)N1CC(C2CS(=O)(=O)C2)C1. The number of rotatable bonds is 3. The Morgan fingerprint density at radius 1 is 0.826 bits per heavy atom. The van der Waals surface area contributed by atoms with E-state index in [9.17, 15) is 13.2 Å². The lowest BCUT2D eigenvalue weighted by atomic mass is 9.51. The van der Waals surface area contributed by atoms with Gasteiger partial charge in [-0.25, -0.2) is 8.42 Å².